The van der Waals surface area contributed by atoms with Crippen LogP contribution in [0.4, 0.5) is 0 Å². The zero-order valence-electron chi connectivity index (χ0n) is 16.8. The maximum atomic E-state index is 13.3. The minimum absolute atomic E-state index is 0.0414. The molecule has 0 spiro atoms. The number of carbonyl (C=O) groups excluding carboxylic acids is 2. The standard InChI is InChI=1S/C22H27NO5/c1-5-11-17-14-21(20(25)27-7-3)18(28-15(4)24)19(26-6-2)23-22(17,21)16-12-9-8-10-13-16/h5,8-13,17-18H,6-7,14H2,1-4H3/b11-5-/t17-,18-,21+,22+/m0/s1. The minimum Gasteiger partial charge on any atom is -0.479 e. The Morgan fingerprint density at radius 1 is 1.21 bits per heavy atom. The van der Waals surface area contributed by atoms with Gasteiger partial charge in [-0.05, 0) is 32.8 Å². The Bertz CT molecular complexity index is 802. The molecule has 0 radical (unpaired) electrons. The molecule has 0 amide bonds. The third kappa shape index (κ3) is 2.74. The number of hydrogen-bond acceptors (Lipinski definition) is 6. The van der Waals surface area contributed by atoms with E-state index >= 15 is 0 Å². The lowest BCUT2D eigenvalue weighted by atomic mass is 9.45. The van der Waals surface area contributed by atoms with Crippen molar-refractivity contribution in [1.82, 2.24) is 0 Å². The monoisotopic (exact) mass is 385 g/mol. The van der Waals surface area contributed by atoms with Crippen molar-refractivity contribution in [2.45, 2.75) is 45.8 Å². The molecule has 1 aliphatic heterocycles. The Morgan fingerprint density at radius 3 is 2.50 bits per heavy atom. The Morgan fingerprint density at radius 2 is 1.93 bits per heavy atom. The van der Waals surface area contributed by atoms with Gasteiger partial charge in [0, 0.05) is 12.8 Å². The fourth-order valence-electron chi connectivity index (χ4n) is 4.63. The van der Waals surface area contributed by atoms with Gasteiger partial charge in [0.05, 0.1) is 13.2 Å². The van der Waals surface area contributed by atoms with Gasteiger partial charge in [-0.2, -0.15) is 0 Å². The Balaban J connectivity index is 2.25. The SMILES string of the molecule is C/C=C\[C@H]1C[C@]2(C(=O)OCC)[C@@H](OC(C)=O)C(OCC)=N[C@]12c1ccccc1. The molecule has 0 bridgehead atoms. The number of rotatable bonds is 6. The van der Waals surface area contributed by atoms with Crippen LogP contribution in [-0.4, -0.2) is 37.2 Å². The summed E-state index contributed by atoms with van der Waals surface area (Å²) in [4.78, 5) is 30.2. The lowest BCUT2D eigenvalue weighted by Crippen LogP contribution is -2.67. The molecule has 2 aliphatic rings. The second-order valence-corrected chi connectivity index (χ2v) is 7.03. The summed E-state index contributed by atoms with van der Waals surface area (Å²) in [6, 6.07) is 9.65. The van der Waals surface area contributed by atoms with E-state index in [4.69, 9.17) is 19.2 Å². The normalized spacial score (nSPS) is 30.9. The predicted molar refractivity (Wildman–Crippen MR) is 105 cm³/mol. The number of esters is 2. The van der Waals surface area contributed by atoms with Gasteiger partial charge in [-0.1, -0.05) is 42.5 Å². The third-order valence-corrected chi connectivity index (χ3v) is 5.57. The van der Waals surface area contributed by atoms with Gasteiger partial charge < -0.3 is 14.2 Å². The van der Waals surface area contributed by atoms with Crippen LogP contribution in [0.3, 0.4) is 0 Å². The summed E-state index contributed by atoms with van der Waals surface area (Å²) in [5, 5.41) is 0. The molecule has 1 fully saturated rings. The highest BCUT2D eigenvalue weighted by molar-refractivity contribution is 5.98. The summed E-state index contributed by atoms with van der Waals surface area (Å²) in [7, 11) is 0. The number of hydrogen-bond donors (Lipinski definition) is 0. The first kappa shape index (κ1) is 20.1. The van der Waals surface area contributed by atoms with Crippen molar-refractivity contribution in [1.29, 1.82) is 0 Å². The molecule has 3 rings (SSSR count). The third-order valence-electron chi connectivity index (χ3n) is 5.57. The number of fused-ring (bicyclic) bond motifs is 1. The predicted octanol–water partition coefficient (Wildman–Crippen LogP) is 3.41. The van der Waals surface area contributed by atoms with Crippen LogP contribution in [0.15, 0.2) is 47.5 Å². The van der Waals surface area contributed by atoms with Crippen LogP contribution in [0, 0.1) is 11.3 Å². The van der Waals surface area contributed by atoms with E-state index in [0.29, 0.717) is 13.0 Å². The lowest BCUT2D eigenvalue weighted by Gasteiger charge is -2.57. The summed E-state index contributed by atoms with van der Waals surface area (Å²) in [6.07, 6.45) is 3.56. The molecule has 0 aromatic heterocycles. The second kappa shape index (κ2) is 7.78. The molecule has 1 aromatic carbocycles. The molecule has 4 atom stereocenters. The van der Waals surface area contributed by atoms with E-state index in [1.165, 1.54) is 6.92 Å². The number of nitrogens with zero attached hydrogens (tertiary/aromatic N) is 1. The quantitative estimate of drug-likeness (QED) is 0.554. The van der Waals surface area contributed by atoms with Crippen molar-refractivity contribution in [2.24, 2.45) is 16.3 Å². The van der Waals surface area contributed by atoms with Gasteiger partial charge in [-0.15, -0.1) is 0 Å². The summed E-state index contributed by atoms with van der Waals surface area (Å²) in [6.45, 7) is 7.46. The zero-order valence-corrected chi connectivity index (χ0v) is 16.8. The minimum atomic E-state index is -1.15. The van der Waals surface area contributed by atoms with Gasteiger partial charge >= 0.3 is 11.9 Å². The molecule has 28 heavy (non-hydrogen) atoms. The highest BCUT2D eigenvalue weighted by Gasteiger charge is 2.79. The van der Waals surface area contributed by atoms with Crippen LogP contribution < -0.4 is 0 Å². The largest absolute Gasteiger partial charge is 0.479 e. The molecule has 0 unspecified atom stereocenters. The maximum Gasteiger partial charge on any atom is 0.319 e. The van der Waals surface area contributed by atoms with E-state index in [9.17, 15) is 9.59 Å². The van der Waals surface area contributed by atoms with E-state index in [1.807, 2.05) is 56.3 Å². The molecule has 150 valence electrons. The van der Waals surface area contributed by atoms with Gasteiger partial charge in [-0.25, -0.2) is 4.99 Å². The fourth-order valence-corrected chi connectivity index (χ4v) is 4.63. The summed E-state index contributed by atoms with van der Waals surface area (Å²) in [5.74, 6) is -0.661. The van der Waals surface area contributed by atoms with E-state index in [-0.39, 0.29) is 18.4 Å². The van der Waals surface area contributed by atoms with Gasteiger partial charge in [-0.3, -0.25) is 9.59 Å². The van der Waals surface area contributed by atoms with Crippen LogP contribution in [0.2, 0.25) is 0 Å². The van der Waals surface area contributed by atoms with Gasteiger partial charge in [0.25, 0.3) is 0 Å². The molecule has 1 heterocycles. The molecule has 1 aromatic rings. The van der Waals surface area contributed by atoms with Crippen molar-refractivity contribution in [2.75, 3.05) is 13.2 Å². The van der Waals surface area contributed by atoms with Crippen LogP contribution in [-0.2, 0) is 29.3 Å². The van der Waals surface area contributed by atoms with E-state index in [2.05, 4.69) is 0 Å². The van der Waals surface area contributed by atoms with E-state index in [1.54, 1.807) is 6.92 Å². The first-order valence-corrected chi connectivity index (χ1v) is 9.73. The first-order chi connectivity index (χ1) is 13.5. The van der Waals surface area contributed by atoms with Crippen LogP contribution in [0.25, 0.3) is 0 Å². The van der Waals surface area contributed by atoms with Crippen molar-refractivity contribution in [3.05, 3.63) is 48.0 Å². The molecular weight excluding hydrogens is 358 g/mol. The molecule has 0 N–H and O–H groups in total. The molecule has 1 saturated carbocycles. The number of carbonyl (C=O) groups is 2. The first-order valence-electron chi connectivity index (χ1n) is 9.73. The average molecular weight is 385 g/mol. The molecule has 0 saturated heterocycles. The van der Waals surface area contributed by atoms with E-state index < -0.39 is 29.0 Å². The highest BCUT2D eigenvalue weighted by Crippen LogP contribution is 2.69. The van der Waals surface area contributed by atoms with Crippen LogP contribution >= 0.6 is 0 Å². The van der Waals surface area contributed by atoms with Gasteiger partial charge in [0.15, 0.2) is 6.10 Å². The average Bonchev–Trinajstić information content (AvgIpc) is 2.87. The Labute approximate surface area is 165 Å². The van der Waals surface area contributed by atoms with Crippen molar-refractivity contribution >= 4 is 17.8 Å². The smallest absolute Gasteiger partial charge is 0.319 e. The van der Waals surface area contributed by atoms with E-state index in [0.717, 1.165) is 5.56 Å². The highest BCUT2D eigenvalue weighted by atomic mass is 16.6. The van der Waals surface area contributed by atoms with Crippen LogP contribution in [0.1, 0.15) is 39.7 Å². The molecule has 1 aliphatic carbocycles. The van der Waals surface area contributed by atoms with Crippen molar-refractivity contribution in [3.8, 4) is 0 Å². The molecular formula is C22H27NO5. The second-order valence-electron chi connectivity index (χ2n) is 7.03. The topological polar surface area (TPSA) is 74.2 Å². The summed E-state index contributed by atoms with van der Waals surface area (Å²) < 4.78 is 16.9. The summed E-state index contributed by atoms with van der Waals surface area (Å²) >= 11 is 0. The van der Waals surface area contributed by atoms with Crippen molar-refractivity contribution < 1.29 is 23.8 Å². The van der Waals surface area contributed by atoms with Gasteiger partial charge in [0.2, 0.25) is 5.90 Å². The van der Waals surface area contributed by atoms with Crippen molar-refractivity contribution in [3.63, 3.8) is 0 Å². The molecule has 6 nitrogen and oxygen atoms in total. The summed E-state index contributed by atoms with van der Waals surface area (Å²) in [5.41, 5.74) is -1.20. The molecule has 6 heteroatoms. The number of ether oxygens (including phenoxy) is 3. The Hall–Kier alpha value is -2.63. The number of allylic oxidation sites excluding steroid dienone is 1. The maximum absolute atomic E-state index is 13.3. The van der Waals surface area contributed by atoms with Gasteiger partial charge in [0.1, 0.15) is 11.0 Å². The lowest BCUT2D eigenvalue weighted by molar-refractivity contribution is -0.192. The number of aliphatic imine (C=N–C) groups is 1. The fraction of sp³-hybridized carbons (Fsp3) is 0.500. The van der Waals surface area contributed by atoms with Crippen LogP contribution in [0.5, 0.6) is 0 Å². The Kier molecular flexibility index (Phi) is 5.59. The number of benzene rings is 1. The zero-order chi connectivity index (χ0) is 20.4.